The zero-order valence-electron chi connectivity index (χ0n) is 17.8. The average Bonchev–Trinajstić information content (AvgIpc) is 3.22. The largest absolute Gasteiger partial charge is 0.361 e. The Labute approximate surface area is 189 Å². The Morgan fingerprint density at radius 1 is 1.09 bits per heavy atom. The van der Waals surface area contributed by atoms with E-state index >= 15 is 0 Å². The number of nitrogens with one attached hydrogen (secondary N) is 3. The van der Waals surface area contributed by atoms with Gasteiger partial charge < -0.3 is 27.1 Å². The van der Waals surface area contributed by atoms with E-state index in [0.717, 1.165) is 16.5 Å². The number of nitrogens with two attached hydrogens (primary N) is 2. The number of hydrogen-bond donors (Lipinski definition) is 5. The predicted octanol–water partition coefficient (Wildman–Crippen LogP) is 0.265. The van der Waals surface area contributed by atoms with Gasteiger partial charge >= 0.3 is 17.8 Å². The Bertz CT molecular complexity index is 1220. The number of H-pyrrole nitrogens is 1. The molecule has 5 amide bonds. The molecule has 2 unspecified atom stereocenters. The van der Waals surface area contributed by atoms with E-state index in [4.69, 9.17) is 11.5 Å². The number of nitrogens with zero attached hydrogens (tertiary/aromatic N) is 1. The van der Waals surface area contributed by atoms with Crippen LogP contribution in [-0.2, 0) is 20.8 Å². The summed E-state index contributed by atoms with van der Waals surface area (Å²) in [6, 6.07) is 12.9. The third kappa shape index (κ3) is 3.86. The molecule has 33 heavy (non-hydrogen) atoms. The number of aromatic amines is 1. The van der Waals surface area contributed by atoms with Gasteiger partial charge in [0.2, 0.25) is 6.04 Å². The van der Waals surface area contributed by atoms with Gasteiger partial charge in [-0.3, -0.25) is 4.79 Å². The van der Waals surface area contributed by atoms with Crippen LogP contribution < -0.4 is 26.6 Å². The monoisotopic (exact) mass is 449 g/mol. The van der Waals surface area contributed by atoms with Crippen molar-refractivity contribution in [3.8, 4) is 0 Å². The van der Waals surface area contributed by atoms with Crippen molar-refractivity contribution in [2.24, 2.45) is 11.5 Å². The van der Waals surface area contributed by atoms with Crippen LogP contribution in [-0.4, -0.2) is 53.9 Å². The summed E-state index contributed by atoms with van der Waals surface area (Å²) in [5.74, 6) is -1.78. The predicted molar refractivity (Wildman–Crippen MR) is 123 cm³/mol. The van der Waals surface area contributed by atoms with Crippen molar-refractivity contribution < 1.29 is 19.2 Å². The van der Waals surface area contributed by atoms with Gasteiger partial charge in [0.15, 0.2) is 0 Å². The van der Waals surface area contributed by atoms with Crippen molar-refractivity contribution in [1.29, 1.82) is 0 Å². The van der Waals surface area contributed by atoms with E-state index in [-0.39, 0.29) is 13.0 Å². The molecule has 1 fully saturated rings. The van der Waals surface area contributed by atoms with Crippen LogP contribution in [0.3, 0.4) is 0 Å². The molecular weight excluding hydrogens is 424 g/mol. The number of carbonyl (C=O) groups is 4. The molecule has 0 aliphatic carbocycles. The quantitative estimate of drug-likeness (QED) is 0.258. The molecule has 2 aromatic carbocycles. The number of fused-ring (bicyclic) bond motifs is 1. The molecule has 1 aromatic heterocycles. The number of aromatic nitrogens is 1. The summed E-state index contributed by atoms with van der Waals surface area (Å²) in [6.07, 6.45) is 1.93. The number of urea groups is 1. The molecule has 10 nitrogen and oxygen atoms in total. The standard InChI is InChI=1S/C23H24N6O4/c24-17(10-14-11-26-18-9-5-4-8-16(14)18)22(32)29(19-12-27-21(19)31,15-6-2-1-3-7-15)20(30)13-28-23(25)33/h1-9,11,17,19,26H,10,12-13,24H2,(H3-,25,27,28,31,33)/p+1/t17-,19?,29?/m0/s1. The van der Waals surface area contributed by atoms with Gasteiger partial charge in [-0.15, -0.1) is 0 Å². The number of imide groups is 1. The molecule has 170 valence electrons. The Morgan fingerprint density at radius 3 is 2.42 bits per heavy atom. The highest BCUT2D eigenvalue weighted by atomic mass is 16.2. The van der Waals surface area contributed by atoms with Gasteiger partial charge in [0.1, 0.15) is 18.3 Å². The molecule has 3 atom stereocenters. The normalized spacial score (nSPS) is 18.0. The van der Waals surface area contributed by atoms with Crippen molar-refractivity contribution in [2.75, 3.05) is 13.1 Å². The smallest absolute Gasteiger partial charge is 0.346 e. The first-order valence-electron chi connectivity index (χ1n) is 10.5. The zero-order chi connectivity index (χ0) is 23.6. The van der Waals surface area contributed by atoms with E-state index in [1.54, 1.807) is 36.5 Å². The third-order valence-corrected chi connectivity index (χ3v) is 5.99. The number of para-hydroxylation sites is 2. The Morgan fingerprint density at radius 2 is 1.79 bits per heavy atom. The third-order valence-electron chi connectivity index (χ3n) is 5.99. The zero-order valence-corrected chi connectivity index (χ0v) is 17.8. The number of amides is 5. The maximum atomic E-state index is 14.0. The highest BCUT2D eigenvalue weighted by molar-refractivity contribution is 6.16. The second-order valence-corrected chi connectivity index (χ2v) is 7.94. The van der Waals surface area contributed by atoms with Crippen LogP contribution in [0.5, 0.6) is 0 Å². The van der Waals surface area contributed by atoms with E-state index < -0.39 is 46.9 Å². The average molecular weight is 449 g/mol. The molecular formula is C23H25N6O4+. The Balaban J connectivity index is 1.77. The van der Waals surface area contributed by atoms with E-state index in [9.17, 15) is 19.2 Å². The minimum atomic E-state index is -1.10. The molecule has 0 bridgehead atoms. The van der Waals surface area contributed by atoms with Crippen LogP contribution in [0.25, 0.3) is 10.9 Å². The van der Waals surface area contributed by atoms with Crippen LogP contribution in [0.15, 0.2) is 60.8 Å². The highest BCUT2D eigenvalue weighted by Gasteiger charge is 2.60. The van der Waals surface area contributed by atoms with Crippen molar-refractivity contribution in [1.82, 2.24) is 20.1 Å². The minimum absolute atomic E-state index is 0.113. The lowest BCUT2D eigenvalue weighted by Crippen LogP contribution is -2.79. The fourth-order valence-electron chi connectivity index (χ4n) is 4.33. The molecule has 4 rings (SSSR count). The molecule has 1 saturated heterocycles. The van der Waals surface area contributed by atoms with Gasteiger partial charge in [-0.2, -0.15) is 4.48 Å². The number of benzene rings is 2. The molecule has 0 saturated carbocycles. The number of quaternary nitrogens is 1. The summed E-state index contributed by atoms with van der Waals surface area (Å²) in [4.78, 5) is 54.5. The second kappa shape index (κ2) is 8.85. The molecule has 0 spiro atoms. The van der Waals surface area contributed by atoms with Gasteiger partial charge in [-0.05, 0) is 11.6 Å². The minimum Gasteiger partial charge on any atom is -0.361 e. The first kappa shape index (κ1) is 22.2. The topological polar surface area (TPSA) is 160 Å². The lowest BCUT2D eigenvalue weighted by Gasteiger charge is -2.43. The van der Waals surface area contributed by atoms with E-state index in [2.05, 4.69) is 15.6 Å². The van der Waals surface area contributed by atoms with Crippen molar-refractivity contribution in [3.63, 3.8) is 0 Å². The lowest BCUT2D eigenvalue weighted by atomic mass is 9.97. The van der Waals surface area contributed by atoms with Crippen LogP contribution in [0.4, 0.5) is 10.5 Å². The molecule has 2 heterocycles. The van der Waals surface area contributed by atoms with E-state index in [1.165, 1.54) is 0 Å². The van der Waals surface area contributed by atoms with Gasteiger partial charge in [0.05, 0.1) is 6.54 Å². The SMILES string of the molecule is NC(=O)NCC(=O)[N+](C(=O)[C@@H](N)Cc1c[nH]c2ccccc12)(c1ccccc1)C1CNC1=O. The van der Waals surface area contributed by atoms with Crippen LogP contribution in [0.1, 0.15) is 5.56 Å². The maximum absolute atomic E-state index is 14.0. The van der Waals surface area contributed by atoms with Crippen molar-refractivity contribution >= 4 is 40.3 Å². The Hall–Kier alpha value is -4.02. The number of primary amides is 1. The fourth-order valence-corrected chi connectivity index (χ4v) is 4.33. The molecule has 7 N–H and O–H groups in total. The summed E-state index contributed by atoms with van der Waals surface area (Å²) >= 11 is 0. The number of β-lactam (4-membered cyclic amide) rings is 1. The number of hydrogen-bond acceptors (Lipinski definition) is 5. The summed E-state index contributed by atoms with van der Waals surface area (Å²) < 4.78 is -0.934. The summed E-state index contributed by atoms with van der Waals surface area (Å²) in [7, 11) is 0. The van der Waals surface area contributed by atoms with Gasteiger partial charge in [-0.1, -0.05) is 36.4 Å². The van der Waals surface area contributed by atoms with Crippen LogP contribution in [0.2, 0.25) is 0 Å². The number of rotatable bonds is 7. The first-order chi connectivity index (χ1) is 15.9. The summed E-state index contributed by atoms with van der Waals surface area (Å²) in [5, 5.41) is 5.76. The summed E-state index contributed by atoms with van der Waals surface area (Å²) in [6.45, 7) is -0.416. The van der Waals surface area contributed by atoms with Gasteiger partial charge in [0, 0.05) is 35.7 Å². The number of carbonyl (C=O) groups excluding carboxylic acids is 4. The maximum Gasteiger partial charge on any atom is 0.346 e. The molecule has 10 heteroatoms. The second-order valence-electron chi connectivity index (χ2n) is 7.94. The van der Waals surface area contributed by atoms with Crippen LogP contribution >= 0.6 is 0 Å². The molecule has 3 aromatic rings. The van der Waals surface area contributed by atoms with E-state index in [0.29, 0.717) is 5.69 Å². The highest BCUT2D eigenvalue weighted by Crippen LogP contribution is 2.32. The van der Waals surface area contributed by atoms with Crippen LogP contribution in [0, 0.1) is 0 Å². The van der Waals surface area contributed by atoms with Gasteiger partial charge in [-0.25, -0.2) is 14.4 Å². The van der Waals surface area contributed by atoms with E-state index in [1.807, 2.05) is 24.3 Å². The Kier molecular flexibility index (Phi) is 5.95. The first-order valence-corrected chi connectivity index (χ1v) is 10.5. The molecule has 1 aliphatic heterocycles. The summed E-state index contributed by atoms with van der Waals surface area (Å²) in [5.41, 5.74) is 13.6. The van der Waals surface area contributed by atoms with Gasteiger partial charge in [0.25, 0.3) is 5.91 Å². The lowest BCUT2D eigenvalue weighted by molar-refractivity contribution is -0.154. The van der Waals surface area contributed by atoms with Crippen molar-refractivity contribution in [3.05, 3.63) is 66.4 Å². The molecule has 0 radical (unpaired) electrons. The fraction of sp³-hybridized carbons (Fsp3) is 0.217. The van der Waals surface area contributed by atoms with Crippen molar-refractivity contribution in [2.45, 2.75) is 18.5 Å². The molecule has 1 aliphatic rings.